The third-order valence-corrected chi connectivity index (χ3v) is 2.14. The van der Waals surface area contributed by atoms with E-state index in [2.05, 4.69) is 20.8 Å². The number of nitrogens with zero attached hydrogens (tertiary/aromatic N) is 1. The monoisotopic (exact) mass is 159 g/mol. The van der Waals surface area contributed by atoms with Gasteiger partial charge < -0.3 is 5.21 Å². The predicted octanol–water partition coefficient (Wildman–Crippen LogP) is 2.67. The number of hydroxylamine groups is 2. The Kier molecular flexibility index (Phi) is 4.69. The molecular weight excluding hydrogens is 138 g/mol. The van der Waals surface area contributed by atoms with Crippen molar-refractivity contribution in [2.45, 2.75) is 52.5 Å². The van der Waals surface area contributed by atoms with Gasteiger partial charge in [-0.3, -0.25) is 0 Å². The second-order valence-corrected chi connectivity index (χ2v) is 3.63. The van der Waals surface area contributed by atoms with Crippen LogP contribution in [0.15, 0.2) is 0 Å². The molecule has 0 aliphatic carbocycles. The third kappa shape index (κ3) is 3.73. The lowest BCUT2D eigenvalue weighted by Gasteiger charge is -2.32. The molecule has 0 radical (unpaired) electrons. The molecule has 0 aliphatic heterocycles. The van der Waals surface area contributed by atoms with E-state index in [0.29, 0.717) is 6.54 Å². The molecule has 68 valence electrons. The van der Waals surface area contributed by atoms with Crippen molar-refractivity contribution < 1.29 is 5.21 Å². The fourth-order valence-electron chi connectivity index (χ4n) is 1.17. The Morgan fingerprint density at radius 3 is 2.18 bits per heavy atom. The molecule has 0 saturated heterocycles. The average Bonchev–Trinajstić information content (AvgIpc) is 1.99. The van der Waals surface area contributed by atoms with Crippen molar-refractivity contribution >= 4 is 0 Å². The van der Waals surface area contributed by atoms with E-state index in [9.17, 15) is 5.21 Å². The zero-order chi connectivity index (χ0) is 8.91. The van der Waals surface area contributed by atoms with Crippen LogP contribution in [-0.4, -0.2) is 22.4 Å². The van der Waals surface area contributed by atoms with Crippen LogP contribution in [0.5, 0.6) is 0 Å². The first-order valence-corrected chi connectivity index (χ1v) is 4.51. The topological polar surface area (TPSA) is 23.5 Å². The van der Waals surface area contributed by atoms with Crippen LogP contribution in [0.4, 0.5) is 0 Å². The largest absolute Gasteiger partial charge is 0.313 e. The van der Waals surface area contributed by atoms with Gasteiger partial charge in [0.1, 0.15) is 0 Å². The van der Waals surface area contributed by atoms with Crippen molar-refractivity contribution in [1.29, 1.82) is 0 Å². The summed E-state index contributed by atoms with van der Waals surface area (Å²) >= 11 is 0. The van der Waals surface area contributed by atoms with Crippen molar-refractivity contribution in [1.82, 2.24) is 5.06 Å². The van der Waals surface area contributed by atoms with Gasteiger partial charge in [0, 0.05) is 12.1 Å². The summed E-state index contributed by atoms with van der Waals surface area (Å²) in [4.78, 5) is 0. The summed E-state index contributed by atoms with van der Waals surface area (Å²) in [6.07, 6.45) is 3.44. The molecule has 0 saturated carbocycles. The van der Waals surface area contributed by atoms with Gasteiger partial charge in [0.25, 0.3) is 0 Å². The SMILES string of the molecule is CCCCC(C)(C)N(O)CC. The molecule has 0 aliphatic rings. The molecule has 0 heterocycles. The maximum Gasteiger partial charge on any atom is 0.0404 e. The van der Waals surface area contributed by atoms with Gasteiger partial charge in [-0.05, 0) is 20.3 Å². The zero-order valence-corrected chi connectivity index (χ0v) is 8.22. The second kappa shape index (κ2) is 4.73. The van der Waals surface area contributed by atoms with Gasteiger partial charge in [-0.1, -0.05) is 26.7 Å². The predicted molar refractivity (Wildman–Crippen MR) is 47.8 cm³/mol. The minimum Gasteiger partial charge on any atom is -0.313 e. The first-order chi connectivity index (χ1) is 5.04. The van der Waals surface area contributed by atoms with Gasteiger partial charge in [-0.25, -0.2) is 0 Å². The molecule has 0 spiro atoms. The first kappa shape index (κ1) is 10.9. The van der Waals surface area contributed by atoms with Crippen molar-refractivity contribution in [3.05, 3.63) is 0 Å². The van der Waals surface area contributed by atoms with Crippen LogP contribution in [-0.2, 0) is 0 Å². The van der Waals surface area contributed by atoms with Crippen LogP contribution < -0.4 is 0 Å². The fourth-order valence-corrected chi connectivity index (χ4v) is 1.17. The van der Waals surface area contributed by atoms with E-state index < -0.39 is 0 Å². The Morgan fingerprint density at radius 1 is 1.27 bits per heavy atom. The van der Waals surface area contributed by atoms with E-state index in [-0.39, 0.29) is 5.54 Å². The average molecular weight is 159 g/mol. The Hall–Kier alpha value is -0.0800. The zero-order valence-electron chi connectivity index (χ0n) is 8.22. The Bertz CT molecular complexity index is 102. The molecule has 0 rings (SSSR count). The van der Waals surface area contributed by atoms with Crippen LogP contribution in [0.2, 0.25) is 0 Å². The molecule has 2 nitrogen and oxygen atoms in total. The Balaban J connectivity index is 3.77. The van der Waals surface area contributed by atoms with E-state index in [1.165, 1.54) is 17.9 Å². The molecule has 1 N–H and O–H groups in total. The highest BCUT2D eigenvalue weighted by Gasteiger charge is 2.22. The number of rotatable bonds is 5. The van der Waals surface area contributed by atoms with Crippen molar-refractivity contribution in [2.75, 3.05) is 6.54 Å². The summed E-state index contributed by atoms with van der Waals surface area (Å²) in [5.41, 5.74) is -0.0508. The van der Waals surface area contributed by atoms with Crippen molar-refractivity contribution in [3.8, 4) is 0 Å². The highest BCUT2D eigenvalue weighted by Crippen LogP contribution is 2.18. The summed E-state index contributed by atoms with van der Waals surface area (Å²) in [5, 5.41) is 10.9. The Morgan fingerprint density at radius 2 is 1.82 bits per heavy atom. The van der Waals surface area contributed by atoms with E-state index in [0.717, 1.165) is 6.42 Å². The second-order valence-electron chi connectivity index (χ2n) is 3.63. The minimum atomic E-state index is -0.0508. The maximum atomic E-state index is 9.45. The molecule has 11 heavy (non-hydrogen) atoms. The lowest BCUT2D eigenvalue weighted by Crippen LogP contribution is -2.41. The lowest BCUT2D eigenvalue weighted by molar-refractivity contribution is -0.161. The lowest BCUT2D eigenvalue weighted by atomic mass is 9.97. The highest BCUT2D eigenvalue weighted by molar-refractivity contribution is 4.74. The summed E-state index contributed by atoms with van der Waals surface area (Å²) in [6, 6.07) is 0. The van der Waals surface area contributed by atoms with Crippen LogP contribution >= 0.6 is 0 Å². The molecule has 2 heteroatoms. The van der Waals surface area contributed by atoms with Crippen LogP contribution in [0, 0.1) is 0 Å². The quantitative estimate of drug-likeness (QED) is 0.623. The summed E-state index contributed by atoms with van der Waals surface area (Å²) in [7, 11) is 0. The molecule has 0 aromatic rings. The summed E-state index contributed by atoms with van der Waals surface area (Å²) in [6.45, 7) is 8.99. The number of hydrogen-bond donors (Lipinski definition) is 1. The van der Waals surface area contributed by atoms with E-state index in [1.54, 1.807) is 0 Å². The minimum absolute atomic E-state index is 0.0508. The molecular formula is C9H21NO. The fraction of sp³-hybridized carbons (Fsp3) is 1.00. The van der Waals surface area contributed by atoms with E-state index in [1.807, 2.05) is 6.92 Å². The normalized spacial score (nSPS) is 12.5. The summed E-state index contributed by atoms with van der Waals surface area (Å²) < 4.78 is 0. The van der Waals surface area contributed by atoms with Crippen LogP contribution in [0.25, 0.3) is 0 Å². The molecule has 0 atom stereocenters. The van der Waals surface area contributed by atoms with Gasteiger partial charge in [0.15, 0.2) is 0 Å². The molecule has 0 unspecified atom stereocenters. The highest BCUT2D eigenvalue weighted by atomic mass is 16.5. The summed E-state index contributed by atoms with van der Waals surface area (Å²) in [5.74, 6) is 0. The van der Waals surface area contributed by atoms with Gasteiger partial charge >= 0.3 is 0 Å². The molecule has 0 fully saturated rings. The van der Waals surface area contributed by atoms with E-state index in [4.69, 9.17) is 0 Å². The molecule has 0 amide bonds. The van der Waals surface area contributed by atoms with Gasteiger partial charge in [0.2, 0.25) is 0 Å². The molecule has 0 bridgehead atoms. The standard InChI is InChI=1S/C9H21NO/c1-5-7-8-9(3,4)10(11)6-2/h11H,5-8H2,1-4H3. The smallest absolute Gasteiger partial charge is 0.0404 e. The third-order valence-electron chi connectivity index (χ3n) is 2.14. The molecule has 0 aromatic heterocycles. The van der Waals surface area contributed by atoms with Crippen LogP contribution in [0.3, 0.4) is 0 Å². The van der Waals surface area contributed by atoms with Gasteiger partial charge in [-0.2, -0.15) is 5.06 Å². The first-order valence-electron chi connectivity index (χ1n) is 4.51. The molecule has 0 aromatic carbocycles. The number of unbranched alkanes of at least 4 members (excludes halogenated alkanes) is 1. The maximum absolute atomic E-state index is 9.45. The van der Waals surface area contributed by atoms with Crippen molar-refractivity contribution in [2.24, 2.45) is 0 Å². The van der Waals surface area contributed by atoms with Gasteiger partial charge in [-0.15, -0.1) is 0 Å². The van der Waals surface area contributed by atoms with Crippen molar-refractivity contribution in [3.63, 3.8) is 0 Å². The van der Waals surface area contributed by atoms with E-state index >= 15 is 0 Å². The Labute approximate surface area is 70.2 Å². The van der Waals surface area contributed by atoms with Crippen LogP contribution in [0.1, 0.15) is 47.0 Å². The number of hydrogen-bond acceptors (Lipinski definition) is 2. The van der Waals surface area contributed by atoms with Gasteiger partial charge in [0.05, 0.1) is 0 Å².